The van der Waals surface area contributed by atoms with Gasteiger partial charge in [0.2, 0.25) is 0 Å². The number of hydrogen-bond acceptors (Lipinski definition) is 0. The number of benzene rings is 2. The first kappa shape index (κ1) is 8.36. The maximum atomic E-state index is 2.41. The van der Waals surface area contributed by atoms with E-state index in [-0.39, 0.29) is 20.7 Å². The third-order valence-electron chi connectivity index (χ3n) is 2.49. The zero-order chi connectivity index (χ0) is 9.38. The van der Waals surface area contributed by atoms with Gasteiger partial charge in [-0.15, -0.1) is 0 Å². The van der Waals surface area contributed by atoms with Gasteiger partial charge in [-0.2, -0.15) is 0 Å². The van der Waals surface area contributed by atoms with Crippen molar-refractivity contribution >= 4 is 41.6 Å². The van der Waals surface area contributed by atoms with Crippen LogP contribution in [0.3, 0.4) is 0 Å². The summed E-state index contributed by atoms with van der Waals surface area (Å²) in [6.45, 7) is 0. The number of rotatable bonds is 0. The van der Waals surface area contributed by atoms with E-state index in [2.05, 4.69) is 50.6 Å². The van der Waals surface area contributed by atoms with Crippen LogP contribution in [0.5, 0.6) is 0 Å². The molecule has 0 nitrogen and oxygen atoms in total. The molecule has 2 aromatic carbocycles. The fourth-order valence-corrected chi connectivity index (χ4v) is 3.64. The molecule has 0 amide bonds. The van der Waals surface area contributed by atoms with E-state index in [0.717, 1.165) is 0 Å². The Labute approximate surface area is 93.0 Å². The van der Waals surface area contributed by atoms with Gasteiger partial charge < -0.3 is 0 Å². The predicted octanol–water partition coefficient (Wildman–Crippen LogP) is 3.95. The minimum atomic E-state index is 0.145. The standard InChI is InChI=1S/C13H9I/c1-2-4-12-10(3-1)5-6-11-7-8-14-9-13(11)12/h1-9H. The average molecular weight is 292 g/mol. The Bertz CT molecular complexity index is 550. The minimum Gasteiger partial charge on any atom is -0.0930 e. The Hall–Kier alpha value is -0.960. The number of halogens is 1. The summed E-state index contributed by atoms with van der Waals surface area (Å²) in [6.07, 6.45) is 2.26. The van der Waals surface area contributed by atoms with Crippen molar-refractivity contribution < 1.29 is 0 Å². The number of fused-ring (bicyclic) bond motifs is 3. The second-order valence-corrected chi connectivity index (χ2v) is 5.38. The van der Waals surface area contributed by atoms with E-state index in [1.165, 1.54) is 21.9 Å². The molecule has 1 aliphatic rings. The summed E-state index contributed by atoms with van der Waals surface area (Å²) >= 11 is 0.145. The molecular formula is C13H9I. The van der Waals surface area contributed by atoms with Crippen molar-refractivity contribution in [3.8, 4) is 0 Å². The molecule has 0 aromatic heterocycles. The van der Waals surface area contributed by atoms with Crippen molar-refractivity contribution in [1.29, 1.82) is 0 Å². The molecule has 0 aliphatic carbocycles. The summed E-state index contributed by atoms with van der Waals surface area (Å²) in [6, 6.07) is 13.0. The molecule has 14 heavy (non-hydrogen) atoms. The summed E-state index contributed by atoms with van der Waals surface area (Å²) in [5, 5.41) is 2.75. The lowest BCUT2D eigenvalue weighted by Gasteiger charge is -2.08. The van der Waals surface area contributed by atoms with Gasteiger partial charge in [-0.05, 0) is 36.1 Å². The van der Waals surface area contributed by atoms with Crippen molar-refractivity contribution in [1.82, 2.24) is 0 Å². The Balaban J connectivity index is 2.47. The molecule has 0 saturated heterocycles. The van der Waals surface area contributed by atoms with E-state index in [1.54, 1.807) is 0 Å². The quantitative estimate of drug-likeness (QED) is 0.645. The Kier molecular flexibility index (Phi) is 1.98. The topological polar surface area (TPSA) is 0 Å². The highest BCUT2D eigenvalue weighted by Crippen LogP contribution is 2.26. The van der Waals surface area contributed by atoms with Crippen LogP contribution in [0.1, 0.15) is 11.1 Å². The number of hydrogen-bond donors (Lipinski definition) is 0. The van der Waals surface area contributed by atoms with Gasteiger partial charge in [-0.1, -0.05) is 57.1 Å². The molecule has 3 rings (SSSR count). The van der Waals surface area contributed by atoms with Crippen LogP contribution in [0.15, 0.2) is 40.5 Å². The third kappa shape index (κ3) is 1.23. The second kappa shape index (κ2) is 3.31. The highest BCUT2D eigenvalue weighted by molar-refractivity contribution is 14.2. The average Bonchev–Trinajstić information content (AvgIpc) is 2.29. The highest BCUT2D eigenvalue weighted by Gasteiger charge is 2.04. The molecule has 0 unspecified atom stereocenters. The molecule has 1 aliphatic heterocycles. The van der Waals surface area contributed by atoms with Gasteiger partial charge in [0, 0.05) is 0 Å². The Morgan fingerprint density at radius 1 is 0.929 bits per heavy atom. The van der Waals surface area contributed by atoms with E-state index in [0.29, 0.717) is 0 Å². The van der Waals surface area contributed by atoms with Crippen LogP contribution < -0.4 is 0 Å². The maximum Gasteiger partial charge on any atom is -0.00485 e. The molecule has 68 valence electrons. The Morgan fingerprint density at radius 3 is 2.86 bits per heavy atom. The maximum absolute atomic E-state index is 2.41. The van der Waals surface area contributed by atoms with Crippen molar-refractivity contribution in [3.63, 3.8) is 0 Å². The monoisotopic (exact) mass is 292 g/mol. The fraction of sp³-hybridized carbons (Fsp3) is 0. The van der Waals surface area contributed by atoms with Crippen LogP contribution in [0.4, 0.5) is 0 Å². The molecule has 0 fully saturated rings. The highest BCUT2D eigenvalue weighted by atomic mass is 127. The first-order chi connectivity index (χ1) is 6.95. The molecular weight excluding hydrogens is 283 g/mol. The lowest BCUT2D eigenvalue weighted by molar-refractivity contribution is 1.69. The van der Waals surface area contributed by atoms with Gasteiger partial charge in [-0.25, -0.2) is 0 Å². The molecule has 2 aromatic rings. The Morgan fingerprint density at radius 2 is 1.86 bits per heavy atom. The summed E-state index contributed by atoms with van der Waals surface area (Å²) in [5.74, 6) is 0. The minimum absolute atomic E-state index is 0.145. The molecule has 0 N–H and O–H groups in total. The SMILES string of the molecule is C1=Cc2ccc3ccccc3c2C=I1. The van der Waals surface area contributed by atoms with E-state index >= 15 is 0 Å². The third-order valence-corrected chi connectivity index (χ3v) is 4.25. The van der Waals surface area contributed by atoms with Crippen LogP contribution in [0, 0.1) is 0 Å². The van der Waals surface area contributed by atoms with Crippen LogP contribution in [-0.2, 0) is 0 Å². The van der Waals surface area contributed by atoms with Gasteiger partial charge in [0.25, 0.3) is 0 Å². The fourth-order valence-electron chi connectivity index (χ4n) is 1.78. The van der Waals surface area contributed by atoms with E-state index in [4.69, 9.17) is 0 Å². The molecule has 1 heterocycles. The molecule has 1 heteroatoms. The van der Waals surface area contributed by atoms with Gasteiger partial charge >= 0.3 is 0 Å². The first-order valence-corrected chi connectivity index (χ1v) is 7.08. The normalized spacial score (nSPS) is 13.7. The zero-order valence-electron chi connectivity index (χ0n) is 7.57. The van der Waals surface area contributed by atoms with Crippen LogP contribution >= 0.6 is 20.7 Å². The van der Waals surface area contributed by atoms with Crippen LogP contribution in [0.2, 0.25) is 0 Å². The van der Waals surface area contributed by atoms with Gasteiger partial charge in [0.05, 0.1) is 0 Å². The van der Waals surface area contributed by atoms with Crippen molar-refractivity contribution in [2.45, 2.75) is 0 Å². The van der Waals surface area contributed by atoms with Gasteiger partial charge in [0.15, 0.2) is 0 Å². The van der Waals surface area contributed by atoms with Crippen LogP contribution in [0.25, 0.3) is 16.8 Å². The summed E-state index contributed by atoms with van der Waals surface area (Å²) < 4.78 is 4.73. The summed E-state index contributed by atoms with van der Waals surface area (Å²) in [4.78, 5) is 0. The molecule has 0 atom stereocenters. The smallest absolute Gasteiger partial charge is 0.00485 e. The molecule has 0 bridgehead atoms. The van der Waals surface area contributed by atoms with Crippen molar-refractivity contribution in [3.05, 3.63) is 51.6 Å². The summed E-state index contributed by atoms with van der Waals surface area (Å²) in [7, 11) is 0. The molecule has 0 radical (unpaired) electrons. The lowest BCUT2D eigenvalue weighted by Crippen LogP contribution is -1.89. The summed E-state index contributed by atoms with van der Waals surface area (Å²) in [5.41, 5.74) is 2.81. The second-order valence-electron chi connectivity index (χ2n) is 3.32. The van der Waals surface area contributed by atoms with E-state index < -0.39 is 0 Å². The van der Waals surface area contributed by atoms with E-state index in [1.807, 2.05) is 0 Å². The predicted molar refractivity (Wildman–Crippen MR) is 72.2 cm³/mol. The van der Waals surface area contributed by atoms with Gasteiger partial charge in [-0.3, -0.25) is 0 Å². The van der Waals surface area contributed by atoms with E-state index in [9.17, 15) is 0 Å². The van der Waals surface area contributed by atoms with Crippen LogP contribution in [-0.4, -0.2) is 4.01 Å². The van der Waals surface area contributed by atoms with Crippen molar-refractivity contribution in [2.75, 3.05) is 0 Å². The molecule has 0 spiro atoms. The zero-order valence-corrected chi connectivity index (χ0v) is 9.73. The van der Waals surface area contributed by atoms with Crippen molar-refractivity contribution in [2.24, 2.45) is 0 Å². The molecule has 0 saturated carbocycles. The first-order valence-electron chi connectivity index (χ1n) is 4.59. The largest absolute Gasteiger partial charge is 0.0930 e. The van der Waals surface area contributed by atoms with Gasteiger partial charge in [0.1, 0.15) is 0 Å². The lowest BCUT2D eigenvalue weighted by atomic mass is 10.0.